The molecule has 1 aromatic heterocycles. The molecule has 13 heavy (non-hydrogen) atoms. The van der Waals surface area contributed by atoms with Crippen molar-refractivity contribution in [3.05, 3.63) is 48.5 Å². The van der Waals surface area contributed by atoms with Gasteiger partial charge in [-0.15, -0.1) is 0 Å². The maximum Gasteiger partial charge on any atom is 0.197 e. The Morgan fingerprint density at radius 3 is 2.46 bits per heavy atom. The Labute approximate surface area is 77.3 Å². The molecule has 2 heteroatoms. The van der Waals surface area contributed by atoms with E-state index in [9.17, 15) is 0 Å². The van der Waals surface area contributed by atoms with Gasteiger partial charge in [-0.3, -0.25) is 0 Å². The van der Waals surface area contributed by atoms with Crippen molar-refractivity contribution in [3.8, 4) is 11.1 Å². The highest BCUT2D eigenvalue weighted by molar-refractivity contribution is 5.64. The van der Waals surface area contributed by atoms with Gasteiger partial charge < -0.3 is 0 Å². The fraction of sp³-hybridized carbons (Fsp3) is 0.0909. The van der Waals surface area contributed by atoms with Gasteiger partial charge in [0.25, 0.3) is 0 Å². The molecule has 1 heterocycles. The van der Waals surface area contributed by atoms with Crippen molar-refractivity contribution in [2.24, 2.45) is 0 Å². The molecule has 0 aliphatic carbocycles. The summed E-state index contributed by atoms with van der Waals surface area (Å²) in [7, 11) is 0. The van der Waals surface area contributed by atoms with Gasteiger partial charge in [0.05, 0.1) is 0 Å². The lowest BCUT2D eigenvalue weighted by atomic mass is 10.0. The topological polar surface area (TPSA) is 25.8 Å². The van der Waals surface area contributed by atoms with Gasteiger partial charge >= 0.3 is 0 Å². The van der Waals surface area contributed by atoms with E-state index in [4.69, 9.17) is 0 Å². The Morgan fingerprint density at radius 2 is 1.77 bits per heavy atom. The van der Waals surface area contributed by atoms with E-state index in [-0.39, 0.29) is 0 Å². The second kappa shape index (κ2) is 3.35. The molecule has 2 nitrogen and oxygen atoms in total. The molecule has 0 unspecified atom stereocenters. The van der Waals surface area contributed by atoms with Gasteiger partial charge in [0.1, 0.15) is 0 Å². The van der Waals surface area contributed by atoms with E-state index in [1.165, 1.54) is 11.1 Å². The summed E-state index contributed by atoms with van der Waals surface area (Å²) in [5.41, 5.74) is 3.45. The highest BCUT2D eigenvalue weighted by Gasteiger charge is 1.99. The van der Waals surface area contributed by atoms with Gasteiger partial charge in [-0.1, -0.05) is 24.3 Å². The van der Waals surface area contributed by atoms with Crippen molar-refractivity contribution in [1.29, 1.82) is 0 Å². The zero-order valence-electron chi connectivity index (χ0n) is 7.36. The number of rotatable bonds is 1. The van der Waals surface area contributed by atoms with Gasteiger partial charge in [0.15, 0.2) is 6.33 Å². The first kappa shape index (κ1) is 7.92. The molecule has 1 radical (unpaired) electrons. The number of aryl methyl sites for hydroxylation is 1. The van der Waals surface area contributed by atoms with Gasteiger partial charge in [-0.25, -0.2) is 9.97 Å². The molecule has 2 aromatic rings. The first-order valence-corrected chi connectivity index (χ1v) is 4.12. The van der Waals surface area contributed by atoms with Crippen molar-refractivity contribution < 1.29 is 0 Å². The third-order valence-electron chi connectivity index (χ3n) is 1.98. The smallest absolute Gasteiger partial charge is 0.197 e. The standard InChI is InChI=1S/C11H9N2/c1-9-4-2-3-5-11(9)10-6-12-8-13-7-10/h2-7H,1H3. The van der Waals surface area contributed by atoms with Crippen LogP contribution in [0, 0.1) is 13.3 Å². The average molecular weight is 169 g/mol. The zero-order valence-corrected chi connectivity index (χ0v) is 7.36. The first-order valence-electron chi connectivity index (χ1n) is 4.12. The summed E-state index contributed by atoms with van der Waals surface area (Å²) in [6.45, 7) is 2.08. The quantitative estimate of drug-likeness (QED) is 0.654. The zero-order chi connectivity index (χ0) is 9.10. The monoisotopic (exact) mass is 169 g/mol. The summed E-state index contributed by atoms with van der Waals surface area (Å²) >= 11 is 0. The lowest BCUT2D eigenvalue weighted by Crippen LogP contribution is -1.84. The summed E-state index contributed by atoms with van der Waals surface area (Å²) in [5.74, 6) is 0. The van der Waals surface area contributed by atoms with Crippen LogP contribution >= 0.6 is 0 Å². The fourth-order valence-corrected chi connectivity index (χ4v) is 1.30. The van der Waals surface area contributed by atoms with Crippen LogP contribution in [0.25, 0.3) is 11.1 Å². The summed E-state index contributed by atoms with van der Waals surface area (Å²) in [4.78, 5) is 7.73. The van der Waals surface area contributed by atoms with Crippen LogP contribution in [0.3, 0.4) is 0 Å². The minimum absolute atomic E-state index is 1.04. The van der Waals surface area contributed by atoms with Crippen LogP contribution in [0.4, 0.5) is 0 Å². The Kier molecular flexibility index (Phi) is 2.04. The van der Waals surface area contributed by atoms with Crippen molar-refractivity contribution >= 4 is 0 Å². The first-order chi connectivity index (χ1) is 6.38. The molecular weight excluding hydrogens is 160 g/mol. The number of hydrogen-bond donors (Lipinski definition) is 0. The Morgan fingerprint density at radius 1 is 1.08 bits per heavy atom. The Hall–Kier alpha value is -1.70. The molecule has 0 N–H and O–H groups in total. The Balaban J connectivity index is 2.54. The largest absolute Gasteiger partial charge is 0.233 e. The van der Waals surface area contributed by atoms with E-state index < -0.39 is 0 Å². The number of benzene rings is 1. The van der Waals surface area contributed by atoms with E-state index in [1.54, 1.807) is 12.4 Å². The van der Waals surface area contributed by atoms with Crippen molar-refractivity contribution in [2.45, 2.75) is 6.92 Å². The third-order valence-corrected chi connectivity index (χ3v) is 1.98. The van der Waals surface area contributed by atoms with Gasteiger partial charge in [-0.05, 0) is 18.1 Å². The van der Waals surface area contributed by atoms with Crippen LogP contribution in [0.15, 0.2) is 36.7 Å². The molecule has 0 spiro atoms. The van der Waals surface area contributed by atoms with E-state index in [2.05, 4.69) is 35.4 Å². The second-order valence-electron chi connectivity index (χ2n) is 2.89. The SMILES string of the molecule is Cc1ccccc1-c1cn[c]nc1. The molecule has 0 fully saturated rings. The van der Waals surface area contributed by atoms with Crippen LogP contribution in [0.1, 0.15) is 5.56 Å². The van der Waals surface area contributed by atoms with Crippen molar-refractivity contribution in [3.63, 3.8) is 0 Å². The summed E-state index contributed by atoms with van der Waals surface area (Å²) in [5, 5.41) is 0. The summed E-state index contributed by atoms with van der Waals surface area (Å²) in [6.07, 6.45) is 6.07. The second-order valence-corrected chi connectivity index (χ2v) is 2.89. The lowest BCUT2D eigenvalue weighted by molar-refractivity contribution is 1.15. The van der Waals surface area contributed by atoms with Crippen LogP contribution in [0.2, 0.25) is 0 Å². The normalized spacial score (nSPS) is 9.92. The molecule has 0 amide bonds. The summed E-state index contributed by atoms with van der Waals surface area (Å²) in [6, 6.07) is 8.17. The number of aromatic nitrogens is 2. The molecule has 0 aliphatic rings. The van der Waals surface area contributed by atoms with E-state index in [0.29, 0.717) is 0 Å². The molecule has 0 bridgehead atoms. The highest BCUT2D eigenvalue weighted by atomic mass is 14.8. The molecule has 0 saturated carbocycles. The number of nitrogens with zero attached hydrogens (tertiary/aromatic N) is 2. The highest BCUT2D eigenvalue weighted by Crippen LogP contribution is 2.20. The number of hydrogen-bond acceptors (Lipinski definition) is 2. The van der Waals surface area contributed by atoms with Gasteiger partial charge in [0.2, 0.25) is 0 Å². The van der Waals surface area contributed by atoms with Crippen LogP contribution < -0.4 is 0 Å². The van der Waals surface area contributed by atoms with Gasteiger partial charge in [-0.2, -0.15) is 0 Å². The van der Waals surface area contributed by atoms with E-state index >= 15 is 0 Å². The lowest BCUT2D eigenvalue weighted by Gasteiger charge is -2.02. The van der Waals surface area contributed by atoms with Gasteiger partial charge in [0, 0.05) is 18.0 Å². The minimum atomic E-state index is 1.04. The maximum atomic E-state index is 3.87. The average Bonchev–Trinajstić information content (AvgIpc) is 2.20. The molecule has 0 atom stereocenters. The summed E-state index contributed by atoms with van der Waals surface area (Å²) < 4.78 is 0. The minimum Gasteiger partial charge on any atom is -0.233 e. The molecule has 1 aromatic carbocycles. The third kappa shape index (κ3) is 1.56. The predicted molar refractivity (Wildman–Crippen MR) is 51.0 cm³/mol. The maximum absolute atomic E-state index is 3.87. The molecule has 0 aliphatic heterocycles. The Bertz CT molecular complexity index is 396. The molecular formula is C11H9N2. The van der Waals surface area contributed by atoms with Crippen LogP contribution in [0.5, 0.6) is 0 Å². The molecule has 2 rings (SSSR count). The molecule has 0 saturated heterocycles. The van der Waals surface area contributed by atoms with E-state index in [0.717, 1.165) is 5.56 Å². The van der Waals surface area contributed by atoms with Crippen molar-refractivity contribution in [1.82, 2.24) is 9.97 Å². The molecule has 63 valence electrons. The van der Waals surface area contributed by atoms with Crippen LogP contribution in [-0.2, 0) is 0 Å². The van der Waals surface area contributed by atoms with Crippen LogP contribution in [-0.4, -0.2) is 9.97 Å². The fourth-order valence-electron chi connectivity index (χ4n) is 1.30. The van der Waals surface area contributed by atoms with E-state index in [1.807, 2.05) is 12.1 Å². The van der Waals surface area contributed by atoms with Crippen molar-refractivity contribution in [2.75, 3.05) is 0 Å². The predicted octanol–water partition coefficient (Wildman–Crippen LogP) is 2.25.